The molecule has 0 saturated carbocycles. The SMILES string of the molecule is O=CNc1cc(-c2cc(F)cc(OCC(F)(F)F)c2)n(-c2cncc(Cl)c2)n1. The van der Waals surface area contributed by atoms with Gasteiger partial charge in [0.25, 0.3) is 0 Å². The third-order valence-electron chi connectivity index (χ3n) is 3.42. The summed E-state index contributed by atoms with van der Waals surface area (Å²) in [6, 6.07) is 6.09. The summed E-state index contributed by atoms with van der Waals surface area (Å²) >= 11 is 5.93. The van der Waals surface area contributed by atoms with Gasteiger partial charge in [0.05, 0.1) is 22.6 Å². The minimum Gasteiger partial charge on any atom is -0.484 e. The van der Waals surface area contributed by atoms with Crippen LogP contribution in [0.25, 0.3) is 16.9 Å². The largest absolute Gasteiger partial charge is 0.484 e. The van der Waals surface area contributed by atoms with E-state index in [9.17, 15) is 22.4 Å². The summed E-state index contributed by atoms with van der Waals surface area (Å²) in [5, 5.41) is 6.82. The molecule has 0 fully saturated rings. The predicted molar refractivity (Wildman–Crippen MR) is 93.0 cm³/mol. The Hall–Kier alpha value is -3.14. The molecular weight excluding hydrogens is 404 g/mol. The number of rotatable bonds is 6. The highest BCUT2D eigenvalue weighted by molar-refractivity contribution is 6.30. The van der Waals surface area contributed by atoms with Gasteiger partial charge in [0.15, 0.2) is 12.4 Å². The quantitative estimate of drug-likeness (QED) is 0.484. The van der Waals surface area contributed by atoms with Crippen molar-refractivity contribution in [2.24, 2.45) is 0 Å². The lowest BCUT2D eigenvalue weighted by molar-refractivity contribution is -0.153. The third-order valence-corrected chi connectivity index (χ3v) is 3.63. The standard InChI is InChI=1S/C17H11ClF4N4O2/c18-11-3-13(7-23-6-11)26-15(5-16(25-26)24-9-27)10-1-12(19)4-14(2-10)28-8-17(20,21)22/h1-7,9H,8H2,(H,24,25,27). The molecule has 0 unspecified atom stereocenters. The van der Waals surface area contributed by atoms with Gasteiger partial charge in [-0.15, -0.1) is 5.10 Å². The maximum atomic E-state index is 14.0. The first-order chi connectivity index (χ1) is 13.2. The second kappa shape index (κ2) is 7.85. The molecule has 0 spiro atoms. The minimum atomic E-state index is -4.57. The first-order valence-corrected chi connectivity index (χ1v) is 8.04. The Morgan fingerprint density at radius 3 is 2.64 bits per heavy atom. The van der Waals surface area contributed by atoms with Crippen LogP contribution in [0.5, 0.6) is 5.75 Å². The number of ether oxygens (including phenoxy) is 1. The maximum absolute atomic E-state index is 14.0. The Morgan fingerprint density at radius 2 is 1.96 bits per heavy atom. The Labute approximate surface area is 160 Å². The molecule has 1 amide bonds. The summed E-state index contributed by atoms with van der Waals surface area (Å²) in [6.07, 6.45) is -1.35. The Kier molecular flexibility index (Phi) is 5.50. The molecule has 0 aliphatic carbocycles. The fourth-order valence-electron chi connectivity index (χ4n) is 2.39. The van der Waals surface area contributed by atoms with Crippen LogP contribution in [0, 0.1) is 5.82 Å². The number of alkyl halides is 3. The van der Waals surface area contributed by atoms with Crippen LogP contribution in [0.2, 0.25) is 5.02 Å². The highest BCUT2D eigenvalue weighted by atomic mass is 35.5. The van der Waals surface area contributed by atoms with Gasteiger partial charge in [-0.3, -0.25) is 9.78 Å². The molecule has 11 heteroatoms. The second-order valence-corrected chi connectivity index (χ2v) is 5.97. The highest BCUT2D eigenvalue weighted by Crippen LogP contribution is 2.30. The Bertz CT molecular complexity index is 1010. The second-order valence-electron chi connectivity index (χ2n) is 5.53. The van der Waals surface area contributed by atoms with E-state index in [-0.39, 0.29) is 22.8 Å². The van der Waals surface area contributed by atoms with Crippen molar-refractivity contribution < 1.29 is 27.1 Å². The average Bonchev–Trinajstić information content (AvgIpc) is 3.03. The van der Waals surface area contributed by atoms with E-state index in [4.69, 9.17) is 11.6 Å². The molecule has 1 aromatic carbocycles. The van der Waals surface area contributed by atoms with Gasteiger partial charge in [-0.1, -0.05) is 11.6 Å². The molecule has 6 nitrogen and oxygen atoms in total. The normalized spacial score (nSPS) is 11.3. The smallest absolute Gasteiger partial charge is 0.422 e. The number of hydrogen-bond acceptors (Lipinski definition) is 4. The van der Waals surface area contributed by atoms with Crippen LogP contribution in [0.4, 0.5) is 23.4 Å². The first kappa shape index (κ1) is 19.6. The molecule has 3 aromatic rings. The fourth-order valence-corrected chi connectivity index (χ4v) is 2.56. The lowest BCUT2D eigenvalue weighted by Gasteiger charge is -2.12. The lowest BCUT2D eigenvalue weighted by atomic mass is 10.1. The Morgan fingerprint density at radius 1 is 1.18 bits per heavy atom. The molecule has 0 radical (unpaired) electrons. The Balaban J connectivity index is 2.07. The van der Waals surface area contributed by atoms with Crippen molar-refractivity contribution in [1.82, 2.24) is 14.8 Å². The zero-order valence-corrected chi connectivity index (χ0v) is 14.6. The number of nitrogens with one attached hydrogen (secondary N) is 1. The zero-order valence-electron chi connectivity index (χ0n) is 13.9. The van der Waals surface area contributed by atoms with E-state index in [0.29, 0.717) is 17.1 Å². The van der Waals surface area contributed by atoms with Gasteiger partial charge in [0.1, 0.15) is 11.6 Å². The van der Waals surface area contributed by atoms with Gasteiger partial charge in [0, 0.05) is 23.9 Å². The summed E-state index contributed by atoms with van der Waals surface area (Å²) in [5.41, 5.74) is 0.830. The summed E-state index contributed by atoms with van der Waals surface area (Å²) in [4.78, 5) is 14.7. The van der Waals surface area contributed by atoms with Crippen LogP contribution < -0.4 is 10.1 Å². The number of aromatic nitrogens is 3. The minimum absolute atomic E-state index is 0.131. The summed E-state index contributed by atoms with van der Waals surface area (Å²) in [5.74, 6) is -0.988. The van der Waals surface area contributed by atoms with E-state index < -0.39 is 18.6 Å². The van der Waals surface area contributed by atoms with Gasteiger partial charge < -0.3 is 10.1 Å². The topological polar surface area (TPSA) is 69.0 Å². The molecule has 28 heavy (non-hydrogen) atoms. The molecule has 146 valence electrons. The average molecular weight is 415 g/mol. The van der Waals surface area contributed by atoms with Gasteiger partial charge in [-0.25, -0.2) is 9.07 Å². The fraction of sp³-hybridized carbons (Fsp3) is 0.118. The van der Waals surface area contributed by atoms with Crippen LogP contribution in [0.1, 0.15) is 0 Å². The molecule has 0 atom stereocenters. The van der Waals surface area contributed by atoms with Crippen LogP contribution >= 0.6 is 11.6 Å². The maximum Gasteiger partial charge on any atom is 0.422 e. The van der Waals surface area contributed by atoms with E-state index in [2.05, 4.69) is 20.1 Å². The van der Waals surface area contributed by atoms with Crippen LogP contribution in [0.3, 0.4) is 0 Å². The monoisotopic (exact) mass is 414 g/mol. The van der Waals surface area contributed by atoms with E-state index in [1.807, 2.05) is 0 Å². The molecule has 0 aliphatic heterocycles. The van der Waals surface area contributed by atoms with Gasteiger partial charge in [-0.05, 0) is 18.2 Å². The van der Waals surface area contributed by atoms with Gasteiger partial charge >= 0.3 is 6.18 Å². The van der Waals surface area contributed by atoms with E-state index in [1.54, 1.807) is 0 Å². The number of pyridine rings is 1. The van der Waals surface area contributed by atoms with Crippen LogP contribution in [-0.2, 0) is 4.79 Å². The highest BCUT2D eigenvalue weighted by Gasteiger charge is 2.28. The summed E-state index contributed by atoms with van der Waals surface area (Å²) < 4.78 is 57.1. The van der Waals surface area contributed by atoms with E-state index in [1.165, 1.54) is 35.3 Å². The summed E-state index contributed by atoms with van der Waals surface area (Å²) in [7, 11) is 0. The predicted octanol–water partition coefficient (Wildman–Crippen LogP) is 4.24. The van der Waals surface area contributed by atoms with E-state index >= 15 is 0 Å². The number of halogens is 5. The number of hydrogen-bond donors (Lipinski definition) is 1. The van der Waals surface area contributed by atoms with Crippen LogP contribution in [0.15, 0.2) is 42.7 Å². The van der Waals surface area contributed by atoms with Gasteiger partial charge in [-0.2, -0.15) is 13.2 Å². The molecular formula is C17H11ClF4N4O2. The number of anilines is 1. The molecule has 0 aliphatic rings. The van der Waals surface area contributed by atoms with Crippen LogP contribution in [-0.4, -0.2) is 34.0 Å². The first-order valence-electron chi connectivity index (χ1n) is 7.67. The number of carbonyl (C=O) groups is 1. The number of carbonyl (C=O) groups excluding carboxylic acids is 1. The molecule has 1 N–H and O–H groups in total. The lowest BCUT2D eigenvalue weighted by Crippen LogP contribution is -2.19. The number of amides is 1. The van der Waals surface area contributed by atoms with Gasteiger partial charge in [0.2, 0.25) is 6.41 Å². The van der Waals surface area contributed by atoms with Crippen molar-refractivity contribution in [2.45, 2.75) is 6.18 Å². The number of benzene rings is 1. The molecule has 2 aromatic heterocycles. The van der Waals surface area contributed by atoms with Crippen molar-refractivity contribution in [3.63, 3.8) is 0 Å². The zero-order chi connectivity index (χ0) is 20.3. The van der Waals surface area contributed by atoms with Crippen molar-refractivity contribution >= 4 is 23.8 Å². The summed E-state index contributed by atoms with van der Waals surface area (Å²) in [6.45, 7) is -1.56. The van der Waals surface area contributed by atoms with Crippen molar-refractivity contribution in [3.8, 4) is 22.7 Å². The third kappa shape index (κ3) is 4.77. The van der Waals surface area contributed by atoms with Crippen molar-refractivity contribution in [3.05, 3.63) is 53.6 Å². The van der Waals surface area contributed by atoms with E-state index in [0.717, 1.165) is 12.1 Å². The molecule has 2 heterocycles. The number of nitrogens with zero attached hydrogens (tertiary/aromatic N) is 3. The molecule has 3 rings (SSSR count). The molecule has 0 saturated heterocycles. The van der Waals surface area contributed by atoms with Crippen molar-refractivity contribution in [2.75, 3.05) is 11.9 Å². The van der Waals surface area contributed by atoms with Crippen molar-refractivity contribution in [1.29, 1.82) is 0 Å². The molecule has 0 bridgehead atoms.